The lowest BCUT2D eigenvalue weighted by molar-refractivity contribution is -0.121. The van der Waals surface area contributed by atoms with Gasteiger partial charge in [0.25, 0.3) is 0 Å². The number of benzene rings is 1. The summed E-state index contributed by atoms with van der Waals surface area (Å²) in [6.07, 6.45) is 0.719. The summed E-state index contributed by atoms with van der Waals surface area (Å²) in [6.45, 7) is 0.0786. The number of nitrogens with one attached hydrogen (secondary N) is 1. The molecule has 0 aliphatic heterocycles. The van der Waals surface area contributed by atoms with E-state index in [9.17, 15) is 9.90 Å². The van der Waals surface area contributed by atoms with Crippen molar-refractivity contribution in [2.45, 2.75) is 12.5 Å². The Bertz CT molecular complexity index is 598. The van der Waals surface area contributed by atoms with Crippen LogP contribution in [0.4, 0.5) is 0 Å². The smallest absolute Gasteiger partial charge is 0.224 e. The maximum atomic E-state index is 11.9. The van der Waals surface area contributed by atoms with Crippen molar-refractivity contribution in [2.75, 3.05) is 13.7 Å². The monoisotopic (exact) mass is 309 g/mol. The van der Waals surface area contributed by atoms with Gasteiger partial charge in [0.15, 0.2) is 0 Å². The zero-order valence-electron chi connectivity index (χ0n) is 11.5. The van der Waals surface area contributed by atoms with E-state index in [0.29, 0.717) is 22.1 Å². The summed E-state index contributed by atoms with van der Waals surface area (Å²) in [4.78, 5) is 11.9. The minimum Gasteiger partial charge on any atom is -0.496 e. The van der Waals surface area contributed by atoms with Crippen molar-refractivity contribution in [1.82, 2.24) is 5.32 Å². The van der Waals surface area contributed by atoms with E-state index in [1.807, 2.05) is 0 Å². The summed E-state index contributed by atoms with van der Waals surface area (Å²) < 4.78 is 10.2. The highest BCUT2D eigenvalue weighted by Gasteiger charge is 2.13. The summed E-state index contributed by atoms with van der Waals surface area (Å²) in [7, 11) is 1.53. The van der Waals surface area contributed by atoms with E-state index in [-0.39, 0.29) is 18.9 Å². The second kappa shape index (κ2) is 7.15. The Balaban J connectivity index is 1.91. The minimum absolute atomic E-state index is 0.0786. The molecule has 1 heterocycles. The maximum absolute atomic E-state index is 11.9. The van der Waals surface area contributed by atoms with E-state index in [2.05, 4.69) is 5.32 Å². The largest absolute Gasteiger partial charge is 0.496 e. The number of rotatable bonds is 6. The predicted molar refractivity (Wildman–Crippen MR) is 78.4 cm³/mol. The number of amides is 1. The highest BCUT2D eigenvalue weighted by Crippen LogP contribution is 2.23. The van der Waals surface area contributed by atoms with Gasteiger partial charge in [-0.05, 0) is 30.3 Å². The molecule has 2 N–H and O–H groups in total. The average Bonchev–Trinajstić information content (AvgIpc) is 2.99. The van der Waals surface area contributed by atoms with Gasteiger partial charge in [-0.3, -0.25) is 4.79 Å². The summed E-state index contributed by atoms with van der Waals surface area (Å²) in [5.41, 5.74) is 0.690. The molecule has 6 heteroatoms. The fourth-order valence-corrected chi connectivity index (χ4v) is 2.11. The number of ether oxygens (including phenoxy) is 1. The van der Waals surface area contributed by atoms with E-state index in [1.165, 1.54) is 13.4 Å². The fourth-order valence-electron chi connectivity index (χ4n) is 1.91. The molecule has 0 saturated carbocycles. The van der Waals surface area contributed by atoms with Crippen LogP contribution in [0.1, 0.15) is 17.4 Å². The maximum Gasteiger partial charge on any atom is 0.224 e. The van der Waals surface area contributed by atoms with Crippen LogP contribution < -0.4 is 10.1 Å². The summed E-state index contributed by atoms with van der Waals surface area (Å²) in [5.74, 6) is 0.776. The Kier molecular flexibility index (Phi) is 5.25. The third-order valence-corrected chi connectivity index (χ3v) is 3.19. The van der Waals surface area contributed by atoms with Crippen LogP contribution in [0, 0.1) is 0 Å². The van der Waals surface area contributed by atoms with E-state index in [1.54, 1.807) is 30.3 Å². The molecule has 1 aromatic carbocycles. The highest BCUT2D eigenvalue weighted by atomic mass is 35.5. The molecule has 1 atom stereocenters. The van der Waals surface area contributed by atoms with Crippen LogP contribution in [0.25, 0.3) is 0 Å². The molecule has 21 heavy (non-hydrogen) atoms. The molecule has 0 bridgehead atoms. The molecule has 1 unspecified atom stereocenters. The lowest BCUT2D eigenvalue weighted by Crippen LogP contribution is -2.29. The van der Waals surface area contributed by atoms with E-state index in [4.69, 9.17) is 20.8 Å². The van der Waals surface area contributed by atoms with Gasteiger partial charge in [-0.1, -0.05) is 11.6 Å². The van der Waals surface area contributed by atoms with Crippen molar-refractivity contribution in [3.05, 3.63) is 52.9 Å². The Labute approximate surface area is 127 Å². The lowest BCUT2D eigenvalue weighted by Gasteiger charge is -2.11. The molecular weight excluding hydrogens is 294 g/mol. The molecular formula is C15H16ClNO4. The molecule has 0 aliphatic carbocycles. The molecule has 1 aromatic heterocycles. The summed E-state index contributed by atoms with van der Waals surface area (Å²) in [5, 5.41) is 13.0. The van der Waals surface area contributed by atoms with Crippen molar-refractivity contribution >= 4 is 17.5 Å². The van der Waals surface area contributed by atoms with Gasteiger partial charge in [0, 0.05) is 10.6 Å². The van der Waals surface area contributed by atoms with E-state index >= 15 is 0 Å². The fraction of sp³-hybridized carbons (Fsp3) is 0.267. The van der Waals surface area contributed by atoms with Gasteiger partial charge in [-0.25, -0.2) is 0 Å². The molecule has 2 rings (SSSR count). The predicted octanol–water partition coefficient (Wildman–Crippen LogP) is 2.33. The SMILES string of the molecule is COc1ccc(Cl)cc1CC(=O)NCC(O)c1ccco1. The van der Waals surface area contributed by atoms with Gasteiger partial charge in [0.2, 0.25) is 5.91 Å². The number of carbonyl (C=O) groups is 1. The Morgan fingerprint density at radius 2 is 2.29 bits per heavy atom. The highest BCUT2D eigenvalue weighted by molar-refractivity contribution is 6.30. The zero-order valence-corrected chi connectivity index (χ0v) is 12.3. The van der Waals surface area contributed by atoms with Crippen LogP contribution in [-0.2, 0) is 11.2 Å². The molecule has 0 saturated heterocycles. The molecule has 2 aromatic rings. The summed E-state index contributed by atoms with van der Waals surface area (Å²) in [6, 6.07) is 8.42. The van der Waals surface area contributed by atoms with Gasteiger partial charge >= 0.3 is 0 Å². The van der Waals surface area contributed by atoms with Crippen LogP contribution in [0.2, 0.25) is 5.02 Å². The average molecular weight is 310 g/mol. The Morgan fingerprint density at radius 3 is 2.95 bits per heavy atom. The molecule has 5 nitrogen and oxygen atoms in total. The number of aliphatic hydroxyl groups is 1. The first-order valence-electron chi connectivity index (χ1n) is 6.40. The van der Waals surface area contributed by atoms with Gasteiger partial charge in [0.05, 0.1) is 26.3 Å². The molecule has 0 radical (unpaired) electrons. The number of furan rings is 1. The quantitative estimate of drug-likeness (QED) is 0.859. The number of aliphatic hydroxyl groups excluding tert-OH is 1. The second-order valence-electron chi connectivity index (χ2n) is 4.47. The summed E-state index contributed by atoms with van der Waals surface area (Å²) >= 11 is 5.91. The molecule has 0 spiro atoms. The van der Waals surface area contributed by atoms with Crippen LogP contribution in [0.5, 0.6) is 5.75 Å². The van der Waals surface area contributed by atoms with Crippen molar-refractivity contribution in [3.8, 4) is 5.75 Å². The first-order chi connectivity index (χ1) is 10.1. The topological polar surface area (TPSA) is 71.7 Å². The Morgan fingerprint density at radius 1 is 1.48 bits per heavy atom. The van der Waals surface area contributed by atoms with Crippen molar-refractivity contribution in [1.29, 1.82) is 0 Å². The number of carbonyl (C=O) groups excluding carboxylic acids is 1. The first-order valence-corrected chi connectivity index (χ1v) is 6.78. The minimum atomic E-state index is -0.870. The number of halogens is 1. The first kappa shape index (κ1) is 15.4. The van der Waals surface area contributed by atoms with Crippen LogP contribution in [0.3, 0.4) is 0 Å². The molecule has 1 amide bonds. The number of methoxy groups -OCH3 is 1. The van der Waals surface area contributed by atoms with E-state index < -0.39 is 6.10 Å². The van der Waals surface area contributed by atoms with Gasteiger partial charge in [0.1, 0.15) is 17.6 Å². The molecule has 0 fully saturated rings. The standard InChI is InChI=1S/C15H16ClNO4/c1-20-13-5-4-11(16)7-10(13)8-15(19)17-9-12(18)14-3-2-6-21-14/h2-7,12,18H,8-9H2,1H3,(H,17,19). The van der Waals surface area contributed by atoms with Gasteiger partial charge in [-0.2, -0.15) is 0 Å². The second-order valence-corrected chi connectivity index (χ2v) is 4.90. The lowest BCUT2D eigenvalue weighted by atomic mass is 10.1. The van der Waals surface area contributed by atoms with Crippen LogP contribution in [-0.4, -0.2) is 24.7 Å². The van der Waals surface area contributed by atoms with Gasteiger partial charge < -0.3 is 19.6 Å². The van der Waals surface area contributed by atoms with E-state index in [0.717, 1.165) is 0 Å². The number of hydrogen-bond acceptors (Lipinski definition) is 4. The normalized spacial score (nSPS) is 12.0. The zero-order chi connectivity index (χ0) is 15.2. The van der Waals surface area contributed by atoms with Crippen molar-refractivity contribution < 1.29 is 19.1 Å². The van der Waals surface area contributed by atoms with Crippen LogP contribution >= 0.6 is 11.6 Å². The molecule has 0 aliphatic rings. The van der Waals surface area contributed by atoms with Crippen LogP contribution in [0.15, 0.2) is 41.0 Å². The molecule has 112 valence electrons. The van der Waals surface area contributed by atoms with Gasteiger partial charge in [-0.15, -0.1) is 0 Å². The Hall–Kier alpha value is -1.98. The van der Waals surface area contributed by atoms with Crippen molar-refractivity contribution in [2.24, 2.45) is 0 Å². The third kappa shape index (κ3) is 4.24. The number of hydrogen-bond donors (Lipinski definition) is 2. The third-order valence-electron chi connectivity index (χ3n) is 2.96. The van der Waals surface area contributed by atoms with Crippen molar-refractivity contribution in [3.63, 3.8) is 0 Å².